The van der Waals surface area contributed by atoms with E-state index in [-0.39, 0.29) is 30.8 Å². The fourth-order valence-corrected chi connectivity index (χ4v) is 3.67. The Bertz CT molecular complexity index is 920. The van der Waals surface area contributed by atoms with Crippen LogP contribution >= 0.6 is 11.6 Å². The van der Waals surface area contributed by atoms with Crippen LogP contribution in [-0.4, -0.2) is 25.6 Å². The fourth-order valence-electron chi connectivity index (χ4n) is 3.49. The molecule has 0 unspecified atom stereocenters. The van der Waals surface area contributed by atoms with Crippen LogP contribution in [0.1, 0.15) is 17.9 Å². The number of hydrogen-bond donors (Lipinski definition) is 0. The molecule has 132 valence electrons. The van der Waals surface area contributed by atoms with Crippen molar-refractivity contribution < 1.29 is 19.1 Å². The van der Waals surface area contributed by atoms with E-state index in [1.165, 1.54) is 0 Å². The molecule has 26 heavy (non-hydrogen) atoms. The first-order chi connectivity index (χ1) is 12.6. The molecule has 2 heterocycles. The van der Waals surface area contributed by atoms with E-state index in [2.05, 4.69) is 0 Å². The van der Waals surface area contributed by atoms with Crippen LogP contribution in [0, 0.1) is 0 Å². The Labute approximate surface area is 155 Å². The highest BCUT2D eigenvalue weighted by Gasteiger charge is 2.42. The first kappa shape index (κ1) is 16.7. The van der Waals surface area contributed by atoms with Crippen molar-refractivity contribution in [1.82, 2.24) is 0 Å². The van der Waals surface area contributed by atoms with Gasteiger partial charge in [-0.05, 0) is 35.9 Å². The van der Waals surface area contributed by atoms with Gasteiger partial charge in [-0.1, -0.05) is 29.8 Å². The zero-order valence-corrected chi connectivity index (χ0v) is 14.8. The maximum atomic E-state index is 12.9. The van der Waals surface area contributed by atoms with Gasteiger partial charge in [0.25, 0.3) is 0 Å². The van der Waals surface area contributed by atoms with Crippen LogP contribution in [0.25, 0.3) is 0 Å². The summed E-state index contributed by atoms with van der Waals surface area (Å²) < 4.78 is 10.4. The summed E-state index contributed by atoms with van der Waals surface area (Å²) in [5, 5.41) is 0.528. The molecule has 5 nitrogen and oxygen atoms in total. The Morgan fingerprint density at radius 2 is 1.92 bits per heavy atom. The van der Waals surface area contributed by atoms with Gasteiger partial charge in [0.1, 0.15) is 12.4 Å². The van der Waals surface area contributed by atoms with Crippen LogP contribution in [-0.2, 0) is 14.3 Å². The molecule has 2 aliphatic rings. The Hall–Kier alpha value is -2.79. The van der Waals surface area contributed by atoms with E-state index in [0.29, 0.717) is 22.0 Å². The molecular formula is C20H16ClNO4. The molecular weight excluding hydrogens is 354 g/mol. The van der Waals surface area contributed by atoms with E-state index in [1.807, 2.05) is 24.3 Å². The van der Waals surface area contributed by atoms with E-state index in [4.69, 9.17) is 21.1 Å². The Morgan fingerprint density at radius 3 is 2.62 bits per heavy atom. The Kier molecular flexibility index (Phi) is 4.17. The average Bonchev–Trinajstić information content (AvgIpc) is 3.02. The van der Waals surface area contributed by atoms with Gasteiger partial charge < -0.3 is 9.47 Å². The number of halogens is 1. The predicted octanol–water partition coefficient (Wildman–Crippen LogP) is 3.68. The number of rotatable bonds is 3. The monoisotopic (exact) mass is 369 g/mol. The van der Waals surface area contributed by atoms with Crippen molar-refractivity contribution >= 4 is 29.2 Å². The van der Waals surface area contributed by atoms with Crippen molar-refractivity contribution in [3.05, 3.63) is 70.4 Å². The maximum Gasteiger partial charge on any atom is 0.336 e. The minimum absolute atomic E-state index is 0.0824. The molecule has 1 atom stereocenters. The maximum absolute atomic E-state index is 12.9. The molecule has 0 aromatic heterocycles. The molecule has 0 fully saturated rings. The summed E-state index contributed by atoms with van der Waals surface area (Å²) in [7, 11) is 1.59. The van der Waals surface area contributed by atoms with Gasteiger partial charge in [0.15, 0.2) is 0 Å². The second-order valence-corrected chi connectivity index (χ2v) is 6.61. The highest BCUT2D eigenvalue weighted by Crippen LogP contribution is 2.42. The van der Waals surface area contributed by atoms with Gasteiger partial charge in [-0.25, -0.2) is 4.79 Å². The number of methoxy groups -OCH3 is 1. The number of carbonyl (C=O) groups excluding carboxylic acids is 2. The molecule has 1 amide bonds. The van der Waals surface area contributed by atoms with Crippen molar-refractivity contribution in [2.75, 3.05) is 18.6 Å². The highest BCUT2D eigenvalue weighted by molar-refractivity contribution is 6.31. The summed E-state index contributed by atoms with van der Waals surface area (Å²) in [6, 6.07) is 14.4. The molecule has 2 aromatic rings. The number of nitrogens with zero attached hydrogens (tertiary/aromatic N) is 1. The third-order valence-electron chi connectivity index (χ3n) is 4.70. The van der Waals surface area contributed by atoms with E-state index in [0.717, 1.165) is 11.3 Å². The summed E-state index contributed by atoms with van der Waals surface area (Å²) in [4.78, 5) is 26.9. The lowest BCUT2D eigenvalue weighted by molar-refractivity contribution is -0.136. The quantitative estimate of drug-likeness (QED) is 0.774. The zero-order chi connectivity index (χ0) is 18.3. The molecule has 2 aliphatic heterocycles. The number of amides is 1. The lowest BCUT2D eigenvalue weighted by Crippen LogP contribution is -2.37. The number of carbonyl (C=O) groups is 2. The van der Waals surface area contributed by atoms with E-state index < -0.39 is 0 Å². The largest absolute Gasteiger partial charge is 0.497 e. The van der Waals surface area contributed by atoms with Crippen LogP contribution in [0.15, 0.2) is 59.8 Å². The van der Waals surface area contributed by atoms with E-state index in [1.54, 1.807) is 36.3 Å². The first-order valence-corrected chi connectivity index (χ1v) is 8.59. The molecule has 0 spiro atoms. The SMILES string of the molecule is COc1ccc([C@@H]2CC(=O)N(c3cccc(Cl)c3)C3=C2C(=O)OC3)cc1. The molecule has 0 aliphatic carbocycles. The molecule has 2 aromatic carbocycles. The highest BCUT2D eigenvalue weighted by atomic mass is 35.5. The van der Waals surface area contributed by atoms with Crippen molar-refractivity contribution in [2.45, 2.75) is 12.3 Å². The van der Waals surface area contributed by atoms with Crippen molar-refractivity contribution in [2.24, 2.45) is 0 Å². The van der Waals surface area contributed by atoms with Crippen LogP contribution in [0.5, 0.6) is 5.75 Å². The van der Waals surface area contributed by atoms with Crippen LogP contribution < -0.4 is 9.64 Å². The van der Waals surface area contributed by atoms with Crippen molar-refractivity contribution in [3.8, 4) is 5.75 Å². The van der Waals surface area contributed by atoms with E-state index >= 15 is 0 Å². The summed E-state index contributed by atoms with van der Waals surface area (Å²) in [5.41, 5.74) is 2.65. The molecule has 0 N–H and O–H groups in total. The van der Waals surface area contributed by atoms with Gasteiger partial charge >= 0.3 is 5.97 Å². The minimum atomic E-state index is -0.375. The van der Waals surface area contributed by atoms with Crippen LogP contribution in [0.2, 0.25) is 5.02 Å². The number of benzene rings is 2. The number of ether oxygens (including phenoxy) is 2. The van der Waals surface area contributed by atoms with Crippen LogP contribution in [0.3, 0.4) is 0 Å². The van der Waals surface area contributed by atoms with Gasteiger partial charge in [-0.3, -0.25) is 9.69 Å². The summed E-state index contributed by atoms with van der Waals surface area (Å²) in [6.45, 7) is 0.0824. The van der Waals surface area contributed by atoms with Crippen molar-refractivity contribution in [1.29, 1.82) is 0 Å². The predicted molar refractivity (Wildman–Crippen MR) is 97.3 cm³/mol. The fraction of sp³-hybridized carbons (Fsp3) is 0.200. The van der Waals surface area contributed by atoms with Gasteiger partial charge in [0, 0.05) is 17.4 Å². The molecule has 0 radical (unpaired) electrons. The molecule has 4 rings (SSSR count). The zero-order valence-electron chi connectivity index (χ0n) is 14.1. The van der Waals surface area contributed by atoms with E-state index in [9.17, 15) is 9.59 Å². The smallest absolute Gasteiger partial charge is 0.336 e. The second kappa shape index (κ2) is 6.50. The standard InChI is InChI=1S/C20H16ClNO4/c1-25-15-7-5-12(6-8-15)16-10-18(23)22(14-4-2-3-13(21)9-14)17-11-26-20(24)19(16)17/h2-9,16H,10-11H2,1H3/t16-/m0/s1. The second-order valence-electron chi connectivity index (χ2n) is 6.18. The topological polar surface area (TPSA) is 55.8 Å². The van der Waals surface area contributed by atoms with Gasteiger partial charge in [-0.2, -0.15) is 0 Å². The van der Waals surface area contributed by atoms with Crippen LogP contribution in [0.4, 0.5) is 5.69 Å². The molecule has 0 bridgehead atoms. The molecule has 6 heteroatoms. The lowest BCUT2D eigenvalue weighted by Gasteiger charge is -2.32. The average molecular weight is 370 g/mol. The lowest BCUT2D eigenvalue weighted by atomic mass is 9.84. The number of cyclic esters (lactones) is 1. The van der Waals surface area contributed by atoms with Gasteiger partial charge in [-0.15, -0.1) is 0 Å². The minimum Gasteiger partial charge on any atom is -0.497 e. The third kappa shape index (κ3) is 2.74. The molecule has 0 saturated carbocycles. The number of anilines is 1. The Balaban J connectivity index is 1.80. The normalized spacial score (nSPS) is 19.5. The summed E-state index contributed by atoms with van der Waals surface area (Å²) in [5.74, 6) is -0.0704. The Morgan fingerprint density at radius 1 is 1.15 bits per heavy atom. The first-order valence-electron chi connectivity index (χ1n) is 8.21. The number of hydrogen-bond acceptors (Lipinski definition) is 4. The molecule has 0 saturated heterocycles. The summed E-state index contributed by atoms with van der Waals surface area (Å²) >= 11 is 6.07. The van der Waals surface area contributed by atoms with Gasteiger partial charge in [0.2, 0.25) is 5.91 Å². The number of esters is 1. The third-order valence-corrected chi connectivity index (χ3v) is 4.94. The van der Waals surface area contributed by atoms with Crippen molar-refractivity contribution in [3.63, 3.8) is 0 Å². The summed E-state index contributed by atoms with van der Waals surface area (Å²) in [6.07, 6.45) is 0.187. The van der Waals surface area contributed by atoms with Gasteiger partial charge in [0.05, 0.1) is 24.1 Å².